The average Bonchev–Trinajstić information content (AvgIpc) is 3.35. The predicted molar refractivity (Wildman–Crippen MR) is 123 cm³/mol. The number of rotatable bonds is 4. The van der Waals surface area contributed by atoms with Crippen LogP contribution in [0.2, 0.25) is 0 Å². The number of benzene rings is 3. The van der Waals surface area contributed by atoms with Gasteiger partial charge in [0.1, 0.15) is 0 Å². The number of aliphatic carboxylic acids is 1. The maximum atomic E-state index is 13.9. The molecular formula is C27H21N3O4. The zero-order valence-corrected chi connectivity index (χ0v) is 18.3. The number of nitrogens with zero attached hydrogens (tertiary/aromatic N) is 2. The molecule has 2 aliphatic heterocycles. The highest BCUT2D eigenvalue weighted by Gasteiger charge is 2.69. The van der Waals surface area contributed by atoms with E-state index in [0.717, 1.165) is 10.5 Å². The number of carboxylic acid groups (broad SMARTS) is 1. The number of nitriles is 1. The third kappa shape index (κ3) is 2.96. The van der Waals surface area contributed by atoms with E-state index in [2.05, 4.69) is 11.4 Å². The Morgan fingerprint density at radius 2 is 1.62 bits per heavy atom. The van der Waals surface area contributed by atoms with Gasteiger partial charge in [-0.1, -0.05) is 60.7 Å². The lowest BCUT2D eigenvalue weighted by Crippen LogP contribution is -2.53. The first-order valence-electron chi connectivity index (χ1n) is 10.9. The van der Waals surface area contributed by atoms with Crippen LogP contribution in [-0.4, -0.2) is 22.9 Å². The summed E-state index contributed by atoms with van der Waals surface area (Å²) >= 11 is 0. The van der Waals surface area contributed by atoms with Crippen molar-refractivity contribution in [2.24, 2.45) is 11.8 Å². The number of imide groups is 1. The van der Waals surface area contributed by atoms with Crippen molar-refractivity contribution >= 4 is 23.5 Å². The monoisotopic (exact) mass is 451 g/mol. The van der Waals surface area contributed by atoms with Gasteiger partial charge in [0.2, 0.25) is 11.8 Å². The van der Waals surface area contributed by atoms with Gasteiger partial charge in [-0.3, -0.25) is 14.9 Å². The lowest BCUT2D eigenvalue weighted by molar-refractivity contribution is -0.149. The van der Waals surface area contributed by atoms with E-state index in [1.54, 1.807) is 66.7 Å². The lowest BCUT2D eigenvalue weighted by atomic mass is 9.75. The Morgan fingerprint density at radius 1 is 0.971 bits per heavy atom. The van der Waals surface area contributed by atoms with Gasteiger partial charge in [-0.05, 0) is 41.8 Å². The largest absolute Gasteiger partial charge is 0.480 e. The summed E-state index contributed by atoms with van der Waals surface area (Å²) in [5.74, 6) is -4.29. The molecule has 2 N–H and O–H groups in total. The second kappa shape index (κ2) is 7.94. The molecule has 2 saturated heterocycles. The highest BCUT2D eigenvalue weighted by Crippen LogP contribution is 2.53. The van der Waals surface area contributed by atoms with Crippen LogP contribution in [0.1, 0.15) is 28.3 Å². The number of fused-ring (bicyclic) bond motifs is 1. The number of anilines is 1. The number of carbonyl (C=O) groups excluding carboxylic acids is 2. The molecule has 0 bridgehead atoms. The van der Waals surface area contributed by atoms with Crippen LogP contribution in [0.4, 0.5) is 5.69 Å². The van der Waals surface area contributed by atoms with Gasteiger partial charge in [-0.25, -0.2) is 9.69 Å². The topological polar surface area (TPSA) is 110 Å². The Bertz CT molecular complexity index is 1350. The SMILES string of the molecule is Cc1ccccc1N1C(=O)C2C(c3ccc(C#N)cc3)NC(C(=O)O)(c3ccccc3)C2C1=O. The van der Waals surface area contributed by atoms with Gasteiger partial charge in [0.05, 0.1) is 29.2 Å². The molecule has 3 aromatic carbocycles. The second-order valence-electron chi connectivity index (χ2n) is 8.64. The van der Waals surface area contributed by atoms with Crippen molar-refractivity contribution in [3.63, 3.8) is 0 Å². The summed E-state index contributed by atoms with van der Waals surface area (Å²) in [6.45, 7) is 1.81. The van der Waals surface area contributed by atoms with Gasteiger partial charge in [-0.2, -0.15) is 5.26 Å². The van der Waals surface area contributed by atoms with E-state index in [1.165, 1.54) is 0 Å². The van der Waals surface area contributed by atoms with Crippen molar-refractivity contribution < 1.29 is 19.5 Å². The molecule has 4 unspecified atom stereocenters. The molecule has 5 rings (SSSR count). The fraction of sp³-hybridized carbons (Fsp3) is 0.185. The lowest BCUT2D eigenvalue weighted by Gasteiger charge is -2.32. The Morgan fingerprint density at radius 3 is 2.24 bits per heavy atom. The molecule has 4 atom stereocenters. The summed E-state index contributed by atoms with van der Waals surface area (Å²) in [5.41, 5.74) is 0.892. The molecule has 7 nitrogen and oxygen atoms in total. The van der Waals surface area contributed by atoms with E-state index < -0.39 is 41.2 Å². The Hall–Kier alpha value is -4.28. The van der Waals surface area contributed by atoms with Crippen molar-refractivity contribution in [3.05, 3.63) is 101 Å². The van der Waals surface area contributed by atoms with Crippen molar-refractivity contribution in [2.45, 2.75) is 18.5 Å². The summed E-state index contributed by atoms with van der Waals surface area (Å²) < 4.78 is 0. The molecule has 0 radical (unpaired) electrons. The molecule has 0 aromatic heterocycles. The number of para-hydroxylation sites is 1. The smallest absolute Gasteiger partial charge is 0.329 e. The number of carbonyl (C=O) groups is 3. The van der Waals surface area contributed by atoms with Crippen LogP contribution in [0.5, 0.6) is 0 Å². The molecule has 2 amide bonds. The quantitative estimate of drug-likeness (QED) is 0.589. The molecule has 0 spiro atoms. The highest BCUT2D eigenvalue weighted by molar-refractivity contribution is 6.24. The van der Waals surface area contributed by atoms with Gasteiger partial charge in [-0.15, -0.1) is 0 Å². The van der Waals surface area contributed by atoms with Gasteiger partial charge >= 0.3 is 5.97 Å². The minimum Gasteiger partial charge on any atom is -0.480 e. The number of hydrogen-bond acceptors (Lipinski definition) is 5. The zero-order chi connectivity index (χ0) is 24.0. The average molecular weight is 451 g/mol. The summed E-state index contributed by atoms with van der Waals surface area (Å²) in [5, 5.41) is 22.9. The van der Waals surface area contributed by atoms with Gasteiger partial charge in [0, 0.05) is 6.04 Å². The normalized spacial score (nSPS) is 25.8. The number of hydrogen-bond donors (Lipinski definition) is 2. The van der Waals surface area contributed by atoms with Gasteiger partial charge in [0.25, 0.3) is 0 Å². The standard InChI is InChI=1S/C27H21N3O4/c1-16-7-5-6-10-20(16)30-24(31)21-22(25(30)32)27(26(33)34,19-8-3-2-4-9-19)29-23(21)18-13-11-17(15-28)12-14-18/h2-14,21-23,29H,1H3,(H,33,34). The van der Waals surface area contributed by atoms with Crippen molar-refractivity contribution in [2.75, 3.05) is 4.90 Å². The summed E-state index contributed by atoms with van der Waals surface area (Å²) in [7, 11) is 0. The first kappa shape index (κ1) is 21.6. The number of amides is 2. The number of carboxylic acids is 1. The Labute approximate surface area is 196 Å². The van der Waals surface area contributed by atoms with E-state index in [-0.39, 0.29) is 0 Å². The zero-order valence-electron chi connectivity index (χ0n) is 18.3. The molecular weight excluding hydrogens is 430 g/mol. The van der Waals surface area contributed by atoms with Crippen molar-refractivity contribution in [3.8, 4) is 6.07 Å². The Balaban J connectivity index is 1.72. The van der Waals surface area contributed by atoms with E-state index >= 15 is 0 Å². The summed E-state index contributed by atoms with van der Waals surface area (Å²) in [4.78, 5) is 41.8. The molecule has 0 aliphatic carbocycles. The van der Waals surface area contributed by atoms with E-state index in [0.29, 0.717) is 22.4 Å². The van der Waals surface area contributed by atoms with Crippen molar-refractivity contribution in [1.82, 2.24) is 5.32 Å². The minimum absolute atomic E-state index is 0.404. The molecule has 7 heteroatoms. The van der Waals surface area contributed by atoms with Crippen LogP contribution in [0.15, 0.2) is 78.9 Å². The first-order valence-corrected chi connectivity index (χ1v) is 10.9. The van der Waals surface area contributed by atoms with Crippen LogP contribution in [-0.2, 0) is 19.9 Å². The van der Waals surface area contributed by atoms with Crippen LogP contribution in [0.3, 0.4) is 0 Å². The molecule has 168 valence electrons. The van der Waals surface area contributed by atoms with Crippen LogP contribution >= 0.6 is 0 Å². The van der Waals surface area contributed by atoms with E-state index in [9.17, 15) is 19.5 Å². The van der Waals surface area contributed by atoms with E-state index in [4.69, 9.17) is 5.26 Å². The van der Waals surface area contributed by atoms with Crippen LogP contribution in [0, 0.1) is 30.1 Å². The predicted octanol–water partition coefficient (Wildman–Crippen LogP) is 3.30. The van der Waals surface area contributed by atoms with Crippen molar-refractivity contribution in [1.29, 1.82) is 5.26 Å². The third-order valence-electron chi connectivity index (χ3n) is 6.88. The molecule has 2 aliphatic rings. The third-order valence-corrected chi connectivity index (χ3v) is 6.88. The Kier molecular flexibility index (Phi) is 5.03. The highest BCUT2D eigenvalue weighted by atomic mass is 16.4. The van der Waals surface area contributed by atoms with Crippen LogP contribution in [0.25, 0.3) is 0 Å². The maximum Gasteiger partial charge on any atom is 0.329 e. The first-order chi connectivity index (χ1) is 16.4. The second-order valence-corrected chi connectivity index (χ2v) is 8.64. The minimum atomic E-state index is -1.80. The molecule has 2 fully saturated rings. The van der Waals surface area contributed by atoms with Crippen LogP contribution < -0.4 is 10.2 Å². The summed E-state index contributed by atoms with van der Waals surface area (Å²) in [6.07, 6.45) is 0. The molecule has 0 saturated carbocycles. The number of aryl methyl sites for hydroxylation is 1. The summed E-state index contributed by atoms with van der Waals surface area (Å²) in [6, 6.07) is 23.5. The fourth-order valence-corrected chi connectivity index (χ4v) is 5.30. The number of nitrogens with one attached hydrogen (secondary N) is 1. The molecule has 34 heavy (non-hydrogen) atoms. The van der Waals surface area contributed by atoms with E-state index in [1.807, 2.05) is 19.1 Å². The van der Waals surface area contributed by atoms with Gasteiger partial charge in [0.15, 0.2) is 5.54 Å². The maximum absolute atomic E-state index is 13.9. The molecule has 2 heterocycles. The molecule has 3 aromatic rings. The fourth-order valence-electron chi connectivity index (χ4n) is 5.30. The van der Waals surface area contributed by atoms with Gasteiger partial charge < -0.3 is 5.11 Å².